The van der Waals surface area contributed by atoms with Gasteiger partial charge in [0, 0.05) is 11.8 Å². The monoisotopic (exact) mass is 462 g/mol. The summed E-state index contributed by atoms with van der Waals surface area (Å²) in [5.74, 6) is -0.150. The highest BCUT2D eigenvalue weighted by Crippen LogP contribution is 2.39. The number of imide groups is 1. The zero-order chi connectivity index (χ0) is 24.2. The van der Waals surface area contributed by atoms with Gasteiger partial charge in [0.1, 0.15) is 28.8 Å². The van der Waals surface area contributed by atoms with Gasteiger partial charge in [0.25, 0.3) is 11.8 Å². The quantitative estimate of drug-likeness (QED) is 0.492. The molecule has 8 heteroatoms. The topological polar surface area (TPSA) is 77.1 Å². The van der Waals surface area contributed by atoms with E-state index in [1.807, 2.05) is 6.92 Å². The van der Waals surface area contributed by atoms with E-state index in [0.717, 1.165) is 4.90 Å². The van der Waals surface area contributed by atoms with E-state index < -0.39 is 17.6 Å². The molecular weight excluding hydrogens is 439 g/mol. The standard InChI is InChI=1S/C26H23FN2O5/c1-4-34-19-11-9-18(10-12-19)28-24-23(16-5-7-17(27)8-6-16)25(30)29(26(24)31)21-15-20(32-2)13-14-22(21)33-3/h5-15,28H,4H2,1-3H3. The summed E-state index contributed by atoms with van der Waals surface area (Å²) >= 11 is 0. The molecule has 2 amide bonds. The molecule has 0 saturated heterocycles. The van der Waals surface area contributed by atoms with Gasteiger partial charge >= 0.3 is 0 Å². The predicted molar refractivity (Wildman–Crippen MR) is 127 cm³/mol. The molecule has 1 aliphatic heterocycles. The van der Waals surface area contributed by atoms with Crippen molar-refractivity contribution in [2.75, 3.05) is 31.0 Å². The summed E-state index contributed by atoms with van der Waals surface area (Å²) in [7, 11) is 2.93. The first-order valence-corrected chi connectivity index (χ1v) is 10.6. The van der Waals surface area contributed by atoms with Gasteiger partial charge in [0.2, 0.25) is 0 Å². The Hall–Kier alpha value is -4.33. The zero-order valence-corrected chi connectivity index (χ0v) is 18.9. The Labute approximate surface area is 196 Å². The number of halogens is 1. The average Bonchev–Trinajstić information content (AvgIpc) is 3.09. The Kier molecular flexibility index (Phi) is 6.49. The Morgan fingerprint density at radius 2 is 1.53 bits per heavy atom. The van der Waals surface area contributed by atoms with Crippen molar-refractivity contribution in [2.45, 2.75) is 6.92 Å². The Bertz CT molecular complexity index is 1250. The van der Waals surface area contributed by atoms with Crippen molar-refractivity contribution in [1.29, 1.82) is 0 Å². The lowest BCUT2D eigenvalue weighted by Gasteiger charge is -2.19. The van der Waals surface area contributed by atoms with Crippen LogP contribution in [0.15, 0.2) is 72.4 Å². The van der Waals surface area contributed by atoms with Crippen LogP contribution < -0.4 is 24.4 Å². The zero-order valence-electron chi connectivity index (χ0n) is 18.9. The molecule has 1 aliphatic rings. The molecule has 1 N–H and O–H groups in total. The molecule has 0 aromatic heterocycles. The third-order valence-corrected chi connectivity index (χ3v) is 5.28. The first-order chi connectivity index (χ1) is 16.5. The van der Waals surface area contributed by atoms with Crippen LogP contribution in [0, 0.1) is 5.82 Å². The third kappa shape index (κ3) is 4.30. The van der Waals surface area contributed by atoms with Gasteiger partial charge in [-0.3, -0.25) is 9.59 Å². The lowest BCUT2D eigenvalue weighted by atomic mass is 10.0. The van der Waals surface area contributed by atoms with Crippen LogP contribution in [-0.2, 0) is 9.59 Å². The molecule has 0 fully saturated rings. The molecule has 0 bridgehead atoms. The molecule has 0 unspecified atom stereocenters. The van der Waals surface area contributed by atoms with Crippen LogP contribution in [0.25, 0.3) is 5.57 Å². The molecule has 1 heterocycles. The second kappa shape index (κ2) is 9.66. The van der Waals surface area contributed by atoms with Crippen molar-refractivity contribution < 1.29 is 28.2 Å². The number of nitrogens with one attached hydrogen (secondary N) is 1. The van der Waals surface area contributed by atoms with Crippen molar-refractivity contribution in [3.8, 4) is 17.2 Å². The van der Waals surface area contributed by atoms with E-state index >= 15 is 0 Å². The maximum absolute atomic E-state index is 13.6. The number of nitrogens with zero attached hydrogens (tertiary/aromatic N) is 1. The second-order valence-corrected chi connectivity index (χ2v) is 7.32. The van der Waals surface area contributed by atoms with E-state index in [4.69, 9.17) is 14.2 Å². The van der Waals surface area contributed by atoms with Gasteiger partial charge < -0.3 is 19.5 Å². The van der Waals surface area contributed by atoms with E-state index in [-0.39, 0.29) is 17.0 Å². The van der Waals surface area contributed by atoms with Crippen LogP contribution in [0.3, 0.4) is 0 Å². The number of carbonyl (C=O) groups excluding carboxylic acids is 2. The first kappa shape index (κ1) is 22.8. The van der Waals surface area contributed by atoms with Crippen molar-refractivity contribution >= 4 is 28.8 Å². The summed E-state index contributed by atoms with van der Waals surface area (Å²) in [6, 6.07) is 17.2. The van der Waals surface area contributed by atoms with Crippen LogP contribution in [0.2, 0.25) is 0 Å². The second-order valence-electron chi connectivity index (χ2n) is 7.32. The van der Waals surface area contributed by atoms with Gasteiger partial charge in [-0.05, 0) is 61.0 Å². The van der Waals surface area contributed by atoms with Crippen molar-refractivity contribution in [1.82, 2.24) is 0 Å². The van der Waals surface area contributed by atoms with Crippen LogP contribution >= 0.6 is 0 Å². The van der Waals surface area contributed by atoms with Gasteiger partial charge in [-0.15, -0.1) is 0 Å². The van der Waals surface area contributed by atoms with Gasteiger partial charge in [-0.25, -0.2) is 9.29 Å². The number of anilines is 2. The highest BCUT2D eigenvalue weighted by atomic mass is 19.1. The smallest absolute Gasteiger partial charge is 0.282 e. The molecular formula is C26H23FN2O5. The van der Waals surface area contributed by atoms with Crippen LogP contribution in [0.1, 0.15) is 12.5 Å². The SMILES string of the molecule is CCOc1ccc(NC2=C(c3ccc(F)cc3)C(=O)N(c3cc(OC)ccc3OC)C2=O)cc1. The van der Waals surface area contributed by atoms with E-state index in [1.165, 1.54) is 38.5 Å². The minimum absolute atomic E-state index is 0.0608. The predicted octanol–water partition coefficient (Wildman–Crippen LogP) is 4.64. The summed E-state index contributed by atoms with van der Waals surface area (Å²) in [4.78, 5) is 28.2. The van der Waals surface area contributed by atoms with Crippen LogP contribution in [-0.4, -0.2) is 32.6 Å². The third-order valence-electron chi connectivity index (χ3n) is 5.28. The van der Waals surface area contributed by atoms with E-state index in [9.17, 15) is 14.0 Å². The number of benzene rings is 3. The summed E-state index contributed by atoms with van der Waals surface area (Å²) in [6.45, 7) is 2.41. The van der Waals surface area contributed by atoms with E-state index in [2.05, 4.69) is 5.32 Å². The minimum atomic E-state index is -0.579. The van der Waals surface area contributed by atoms with E-state index in [0.29, 0.717) is 35.1 Å². The Morgan fingerprint density at radius 3 is 2.15 bits per heavy atom. The number of amides is 2. The number of methoxy groups -OCH3 is 2. The fourth-order valence-electron chi connectivity index (χ4n) is 3.67. The highest BCUT2D eigenvalue weighted by Gasteiger charge is 2.41. The fraction of sp³-hybridized carbons (Fsp3) is 0.154. The summed E-state index contributed by atoms with van der Waals surface area (Å²) in [5, 5.41) is 3.07. The number of carbonyl (C=O) groups is 2. The number of hydrogen-bond donors (Lipinski definition) is 1. The van der Waals surface area contributed by atoms with Gasteiger partial charge in [0.15, 0.2) is 0 Å². The van der Waals surface area contributed by atoms with Crippen molar-refractivity contribution in [2.24, 2.45) is 0 Å². The lowest BCUT2D eigenvalue weighted by Crippen LogP contribution is -2.32. The lowest BCUT2D eigenvalue weighted by molar-refractivity contribution is -0.120. The van der Waals surface area contributed by atoms with Crippen molar-refractivity contribution in [3.63, 3.8) is 0 Å². The molecule has 0 aliphatic carbocycles. The number of hydrogen-bond acceptors (Lipinski definition) is 6. The fourth-order valence-corrected chi connectivity index (χ4v) is 3.67. The normalized spacial score (nSPS) is 13.4. The largest absolute Gasteiger partial charge is 0.497 e. The maximum atomic E-state index is 13.6. The van der Waals surface area contributed by atoms with Crippen molar-refractivity contribution in [3.05, 3.63) is 83.8 Å². The average molecular weight is 462 g/mol. The summed E-state index contributed by atoms with van der Waals surface area (Å²) in [6.07, 6.45) is 0. The van der Waals surface area contributed by atoms with E-state index in [1.54, 1.807) is 42.5 Å². The molecule has 0 saturated carbocycles. The van der Waals surface area contributed by atoms with Crippen LogP contribution in [0.4, 0.5) is 15.8 Å². The van der Waals surface area contributed by atoms with Crippen LogP contribution in [0.5, 0.6) is 17.2 Å². The first-order valence-electron chi connectivity index (χ1n) is 10.6. The number of rotatable bonds is 8. The number of ether oxygens (including phenoxy) is 3. The molecule has 7 nitrogen and oxygen atoms in total. The summed E-state index contributed by atoms with van der Waals surface area (Å²) < 4.78 is 29.7. The van der Waals surface area contributed by atoms with Gasteiger partial charge in [-0.1, -0.05) is 12.1 Å². The molecule has 0 atom stereocenters. The maximum Gasteiger partial charge on any atom is 0.282 e. The molecule has 34 heavy (non-hydrogen) atoms. The Morgan fingerprint density at radius 1 is 0.853 bits per heavy atom. The van der Waals surface area contributed by atoms with Gasteiger partial charge in [0.05, 0.1) is 32.1 Å². The Balaban J connectivity index is 1.80. The molecule has 3 aromatic carbocycles. The highest BCUT2D eigenvalue weighted by molar-refractivity contribution is 6.46. The molecule has 0 radical (unpaired) electrons. The molecule has 174 valence electrons. The molecule has 0 spiro atoms. The molecule has 3 aromatic rings. The summed E-state index contributed by atoms with van der Waals surface area (Å²) in [5.41, 5.74) is 1.39. The van der Waals surface area contributed by atoms with Gasteiger partial charge in [-0.2, -0.15) is 0 Å². The minimum Gasteiger partial charge on any atom is -0.497 e. The molecule has 4 rings (SSSR count).